The van der Waals surface area contributed by atoms with Gasteiger partial charge in [0.1, 0.15) is 18.2 Å². The highest BCUT2D eigenvalue weighted by Crippen LogP contribution is 2.39. The topological polar surface area (TPSA) is 62.3 Å². The zero-order chi connectivity index (χ0) is 22.9. The van der Waals surface area contributed by atoms with Gasteiger partial charge in [-0.3, -0.25) is 4.90 Å². The Hall–Kier alpha value is -3.38. The minimum Gasteiger partial charge on any atom is -0.492 e. The fraction of sp³-hybridized carbons (Fsp3) is 0.357. The molecule has 0 amide bonds. The highest BCUT2D eigenvalue weighted by molar-refractivity contribution is 5.91. The smallest absolute Gasteiger partial charge is 0.229 e. The van der Waals surface area contributed by atoms with E-state index in [1.807, 2.05) is 30.3 Å². The number of para-hydroxylation sites is 1. The van der Waals surface area contributed by atoms with Crippen LogP contribution in [0.25, 0.3) is 10.9 Å². The molecule has 0 saturated carbocycles. The Morgan fingerprint density at radius 1 is 1.03 bits per heavy atom. The quantitative estimate of drug-likeness (QED) is 0.429. The first-order chi connectivity index (χ1) is 16.7. The molecule has 2 bridgehead atoms. The van der Waals surface area contributed by atoms with Crippen molar-refractivity contribution in [2.75, 3.05) is 36.9 Å². The van der Waals surface area contributed by atoms with E-state index in [1.54, 1.807) is 0 Å². The van der Waals surface area contributed by atoms with Gasteiger partial charge in [0.25, 0.3) is 0 Å². The summed E-state index contributed by atoms with van der Waals surface area (Å²) in [5, 5.41) is 8.03. The Morgan fingerprint density at radius 2 is 1.91 bits per heavy atom. The maximum absolute atomic E-state index is 6.06. The molecule has 0 spiro atoms. The molecule has 3 aliphatic rings. The molecule has 3 aromatic rings. The molecule has 2 aliphatic carbocycles. The number of aryl methyl sites for hydroxylation is 1. The van der Waals surface area contributed by atoms with Crippen molar-refractivity contribution in [2.24, 2.45) is 11.8 Å². The van der Waals surface area contributed by atoms with Crippen molar-refractivity contribution in [3.05, 3.63) is 72.0 Å². The van der Waals surface area contributed by atoms with Gasteiger partial charge >= 0.3 is 0 Å². The van der Waals surface area contributed by atoms with Crippen molar-refractivity contribution < 1.29 is 4.74 Å². The van der Waals surface area contributed by atoms with Gasteiger partial charge in [-0.15, -0.1) is 0 Å². The molecule has 1 fully saturated rings. The molecule has 6 heteroatoms. The minimum absolute atomic E-state index is 0.468. The van der Waals surface area contributed by atoms with Crippen LogP contribution in [0.5, 0.6) is 5.75 Å². The first kappa shape index (κ1) is 21.2. The fourth-order valence-corrected chi connectivity index (χ4v) is 5.24. The zero-order valence-electron chi connectivity index (χ0n) is 19.6. The number of ether oxygens (including phenoxy) is 1. The summed E-state index contributed by atoms with van der Waals surface area (Å²) in [6.45, 7) is 6.20. The molecule has 6 rings (SSSR count). The van der Waals surface area contributed by atoms with Crippen molar-refractivity contribution in [2.45, 2.75) is 26.2 Å². The second-order valence-corrected chi connectivity index (χ2v) is 9.55. The van der Waals surface area contributed by atoms with Gasteiger partial charge in [-0.2, -0.15) is 4.98 Å². The molecule has 2 N–H and O–H groups in total. The Kier molecular flexibility index (Phi) is 5.67. The van der Waals surface area contributed by atoms with Crippen LogP contribution in [0.4, 0.5) is 17.5 Å². The number of benzene rings is 2. The number of hydrogen-bond donors (Lipinski definition) is 2. The van der Waals surface area contributed by atoms with Crippen molar-refractivity contribution in [3.8, 4) is 5.75 Å². The van der Waals surface area contributed by atoms with E-state index in [2.05, 4.69) is 52.8 Å². The lowest BCUT2D eigenvalue weighted by molar-refractivity contribution is 0.237. The van der Waals surface area contributed by atoms with E-state index in [0.29, 0.717) is 17.8 Å². The number of fused-ring (bicyclic) bond motifs is 3. The highest BCUT2D eigenvalue weighted by Gasteiger charge is 2.28. The van der Waals surface area contributed by atoms with E-state index >= 15 is 0 Å². The summed E-state index contributed by atoms with van der Waals surface area (Å²) in [7, 11) is 0. The van der Waals surface area contributed by atoms with Crippen LogP contribution in [-0.4, -0.2) is 41.1 Å². The second-order valence-electron chi connectivity index (χ2n) is 9.55. The summed E-state index contributed by atoms with van der Waals surface area (Å²) in [6, 6.07) is 14.3. The monoisotopic (exact) mass is 453 g/mol. The summed E-state index contributed by atoms with van der Waals surface area (Å²) in [5.41, 5.74) is 4.21. The van der Waals surface area contributed by atoms with Gasteiger partial charge in [0.2, 0.25) is 5.95 Å². The number of nitrogens with one attached hydrogen (secondary N) is 2. The number of aromatic nitrogens is 2. The Morgan fingerprint density at radius 3 is 2.71 bits per heavy atom. The Labute approximate surface area is 200 Å². The van der Waals surface area contributed by atoms with Gasteiger partial charge in [-0.05, 0) is 81.1 Å². The average molecular weight is 454 g/mol. The van der Waals surface area contributed by atoms with Gasteiger partial charge in [0, 0.05) is 29.2 Å². The van der Waals surface area contributed by atoms with E-state index < -0.39 is 0 Å². The van der Waals surface area contributed by atoms with Crippen LogP contribution in [0.15, 0.2) is 66.4 Å². The molecule has 2 aromatic carbocycles. The predicted molar refractivity (Wildman–Crippen MR) is 138 cm³/mol. The van der Waals surface area contributed by atoms with E-state index in [1.165, 1.54) is 38.0 Å². The molecular weight excluding hydrogens is 422 g/mol. The number of nitrogens with zero attached hydrogens (tertiary/aromatic N) is 3. The summed E-state index contributed by atoms with van der Waals surface area (Å²) in [5.74, 6) is 3.39. The van der Waals surface area contributed by atoms with Crippen LogP contribution in [0, 0.1) is 18.8 Å². The van der Waals surface area contributed by atoms with E-state index in [0.717, 1.165) is 46.9 Å². The van der Waals surface area contributed by atoms with Crippen LogP contribution < -0.4 is 15.4 Å². The average Bonchev–Trinajstić information content (AvgIpc) is 3.60. The van der Waals surface area contributed by atoms with Gasteiger partial charge in [0.15, 0.2) is 0 Å². The van der Waals surface area contributed by atoms with Gasteiger partial charge in [-0.25, -0.2) is 4.98 Å². The molecule has 6 nitrogen and oxygen atoms in total. The Balaban J connectivity index is 1.18. The van der Waals surface area contributed by atoms with Crippen molar-refractivity contribution >= 4 is 28.4 Å². The van der Waals surface area contributed by atoms with Crippen LogP contribution >= 0.6 is 0 Å². The number of anilines is 3. The zero-order valence-corrected chi connectivity index (χ0v) is 19.6. The predicted octanol–water partition coefficient (Wildman–Crippen LogP) is 5.66. The lowest BCUT2D eigenvalue weighted by Crippen LogP contribution is -2.25. The standard InChI is InChI=1S/C28H31N5O/c1-19-16-22(10-11-26(19)34-15-14-33-12-4-5-13-33)29-28-31-24-7-3-2-6-23(24)27(32-28)30-25-18-20-8-9-21(25)17-20/h2-3,6-11,16,18,20-21H,4-5,12-15,17H2,1H3,(H2,29,30,31,32). The van der Waals surface area contributed by atoms with Crippen LogP contribution in [-0.2, 0) is 0 Å². The third kappa shape index (κ3) is 4.38. The summed E-state index contributed by atoms with van der Waals surface area (Å²) in [6.07, 6.45) is 10.7. The number of allylic oxidation sites excluding steroid dienone is 3. The molecule has 2 atom stereocenters. The lowest BCUT2D eigenvalue weighted by Gasteiger charge is -2.17. The van der Waals surface area contributed by atoms with E-state index in [4.69, 9.17) is 14.7 Å². The fourth-order valence-electron chi connectivity index (χ4n) is 5.24. The molecule has 2 unspecified atom stereocenters. The summed E-state index contributed by atoms with van der Waals surface area (Å²) >= 11 is 0. The molecule has 1 aromatic heterocycles. The van der Waals surface area contributed by atoms with Gasteiger partial charge in [-0.1, -0.05) is 30.4 Å². The van der Waals surface area contributed by atoms with Crippen LogP contribution in [0.3, 0.4) is 0 Å². The third-order valence-electron chi connectivity index (χ3n) is 7.07. The Bertz CT molecular complexity index is 1260. The van der Waals surface area contributed by atoms with Crippen LogP contribution in [0.1, 0.15) is 24.8 Å². The van der Waals surface area contributed by atoms with Gasteiger partial charge < -0.3 is 15.4 Å². The highest BCUT2D eigenvalue weighted by atomic mass is 16.5. The van der Waals surface area contributed by atoms with Crippen LogP contribution in [0.2, 0.25) is 0 Å². The first-order valence-corrected chi connectivity index (χ1v) is 12.4. The lowest BCUT2D eigenvalue weighted by atomic mass is 10.1. The summed E-state index contributed by atoms with van der Waals surface area (Å²) in [4.78, 5) is 12.1. The van der Waals surface area contributed by atoms with E-state index in [-0.39, 0.29) is 0 Å². The third-order valence-corrected chi connectivity index (χ3v) is 7.07. The normalized spacial score (nSPS) is 21.3. The SMILES string of the molecule is Cc1cc(Nc2nc(NC3=CC4C=CC3C4)c3ccccc3n2)ccc1OCCN1CCCC1. The number of likely N-dealkylation sites (tertiary alicyclic amines) is 1. The van der Waals surface area contributed by atoms with Crippen molar-refractivity contribution in [1.82, 2.24) is 14.9 Å². The maximum atomic E-state index is 6.06. The van der Waals surface area contributed by atoms with Crippen molar-refractivity contribution in [1.29, 1.82) is 0 Å². The molecule has 1 aliphatic heterocycles. The van der Waals surface area contributed by atoms with Crippen molar-refractivity contribution in [3.63, 3.8) is 0 Å². The largest absolute Gasteiger partial charge is 0.492 e. The number of rotatable bonds is 8. The maximum Gasteiger partial charge on any atom is 0.229 e. The minimum atomic E-state index is 0.468. The first-order valence-electron chi connectivity index (χ1n) is 12.4. The summed E-state index contributed by atoms with van der Waals surface area (Å²) < 4.78 is 6.06. The molecule has 1 saturated heterocycles. The molecular formula is C28H31N5O. The van der Waals surface area contributed by atoms with E-state index in [9.17, 15) is 0 Å². The number of hydrogen-bond acceptors (Lipinski definition) is 6. The van der Waals surface area contributed by atoms with Gasteiger partial charge in [0.05, 0.1) is 5.52 Å². The molecule has 174 valence electrons. The molecule has 2 heterocycles. The molecule has 0 radical (unpaired) electrons. The molecule has 34 heavy (non-hydrogen) atoms. The second kappa shape index (κ2) is 9.11.